The molecule has 3 aromatic rings. The largest absolute Gasteiger partial charge is 0.358 e. The minimum atomic E-state index is 1.08. The summed E-state index contributed by atoms with van der Waals surface area (Å²) in [4.78, 5) is 3.60. The zero-order chi connectivity index (χ0) is 13.8. The van der Waals surface area contributed by atoms with Crippen molar-refractivity contribution in [2.75, 3.05) is 0 Å². The molecule has 1 nitrogen and oxygen atoms in total. The Bertz CT molecular complexity index is 666. The summed E-state index contributed by atoms with van der Waals surface area (Å²) in [5.74, 6) is 0. The number of aryl methyl sites for hydroxylation is 1. The summed E-state index contributed by atoms with van der Waals surface area (Å²) in [5.41, 5.74) is 6.39. The monoisotopic (exact) mass is 261 g/mol. The zero-order valence-electron chi connectivity index (χ0n) is 11.8. The molecule has 0 saturated carbocycles. The van der Waals surface area contributed by atoms with E-state index in [0.717, 1.165) is 12.8 Å². The Hall–Kier alpha value is -2.28. The highest BCUT2D eigenvalue weighted by Crippen LogP contribution is 2.30. The van der Waals surface area contributed by atoms with Crippen molar-refractivity contribution in [3.8, 4) is 22.4 Å². The minimum Gasteiger partial charge on any atom is -0.358 e. The highest BCUT2D eigenvalue weighted by molar-refractivity contribution is 5.74. The topological polar surface area (TPSA) is 15.8 Å². The van der Waals surface area contributed by atoms with E-state index in [2.05, 4.69) is 78.6 Å². The molecule has 0 unspecified atom stereocenters. The van der Waals surface area contributed by atoms with Gasteiger partial charge in [-0.05, 0) is 23.6 Å². The van der Waals surface area contributed by atoms with Crippen LogP contribution in [0.4, 0.5) is 0 Å². The third kappa shape index (κ3) is 2.53. The lowest BCUT2D eigenvalue weighted by atomic mass is 10.0. The molecule has 0 aliphatic carbocycles. The molecule has 0 atom stereocenters. The van der Waals surface area contributed by atoms with Gasteiger partial charge in [-0.25, -0.2) is 0 Å². The van der Waals surface area contributed by atoms with E-state index in [-0.39, 0.29) is 0 Å². The smallest absolute Gasteiger partial charge is 0.0462 e. The Balaban J connectivity index is 2.08. The van der Waals surface area contributed by atoms with Gasteiger partial charge in [-0.15, -0.1) is 0 Å². The van der Waals surface area contributed by atoms with Gasteiger partial charge in [0, 0.05) is 17.0 Å². The Labute approximate surface area is 120 Å². The first-order valence-corrected chi connectivity index (χ1v) is 7.21. The van der Waals surface area contributed by atoms with Gasteiger partial charge in [0.05, 0.1) is 0 Å². The van der Waals surface area contributed by atoms with Crippen LogP contribution in [0, 0.1) is 0 Å². The molecule has 2 aromatic carbocycles. The predicted molar refractivity (Wildman–Crippen MR) is 85.7 cm³/mol. The number of aromatic amines is 1. The number of nitrogens with one attached hydrogen (secondary N) is 1. The lowest BCUT2D eigenvalue weighted by Crippen LogP contribution is -1.87. The molecule has 0 spiro atoms. The molecule has 20 heavy (non-hydrogen) atoms. The van der Waals surface area contributed by atoms with Crippen molar-refractivity contribution in [2.45, 2.75) is 19.8 Å². The summed E-state index contributed by atoms with van der Waals surface area (Å²) in [7, 11) is 0. The van der Waals surface area contributed by atoms with Crippen LogP contribution in [-0.4, -0.2) is 4.98 Å². The molecule has 3 rings (SSSR count). The number of hydrogen-bond donors (Lipinski definition) is 1. The van der Waals surface area contributed by atoms with Crippen LogP contribution in [0.15, 0.2) is 66.7 Å². The second-order valence-corrected chi connectivity index (χ2v) is 5.06. The summed E-state index contributed by atoms with van der Waals surface area (Å²) in [5, 5.41) is 0. The maximum atomic E-state index is 3.60. The lowest BCUT2D eigenvalue weighted by Gasteiger charge is -2.02. The summed E-state index contributed by atoms with van der Waals surface area (Å²) in [6, 6.07) is 23.4. The van der Waals surface area contributed by atoms with Crippen LogP contribution in [0.2, 0.25) is 0 Å². The van der Waals surface area contributed by atoms with Crippen LogP contribution in [0.25, 0.3) is 22.4 Å². The lowest BCUT2D eigenvalue weighted by molar-refractivity contribution is 0.895. The first kappa shape index (κ1) is 12.7. The van der Waals surface area contributed by atoms with E-state index in [4.69, 9.17) is 0 Å². The molecule has 1 aromatic heterocycles. The molecule has 0 aliphatic heterocycles. The minimum absolute atomic E-state index is 1.08. The molecule has 1 heterocycles. The maximum absolute atomic E-state index is 3.60. The first-order chi connectivity index (χ1) is 9.88. The van der Waals surface area contributed by atoms with Crippen molar-refractivity contribution in [3.63, 3.8) is 0 Å². The van der Waals surface area contributed by atoms with Crippen LogP contribution < -0.4 is 0 Å². The summed E-state index contributed by atoms with van der Waals surface area (Å²) in [6.07, 6.45) is 2.23. The van der Waals surface area contributed by atoms with E-state index in [1.165, 1.54) is 28.1 Å². The Morgan fingerprint density at radius 3 is 2.00 bits per heavy atom. The highest BCUT2D eigenvalue weighted by Gasteiger charge is 2.10. The SMILES string of the molecule is CCCc1[nH]c(-c2ccccc2)cc1-c1ccccc1. The van der Waals surface area contributed by atoms with Crippen molar-refractivity contribution in [3.05, 3.63) is 72.4 Å². The summed E-state index contributed by atoms with van der Waals surface area (Å²) >= 11 is 0. The van der Waals surface area contributed by atoms with Gasteiger partial charge in [0.15, 0.2) is 0 Å². The molecule has 0 amide bonds. The molecular weight excluding hydrogens is 242 g/mol. The normalized spacial score (nSPS) is 10.7. The summed E-state index contributed by atoms with van der Waals surface area (Å²) in [6.45, 7) is 2.22. The van der Waals surface area contributed by atoms with Crippen molar-refractivity contribution < 1.29 is 0 Å². The third-order valence-electron chi connectivity index (χ3n) is 3.57. The van der Waals surface area contributed by atoms with Gasteiger partial charge in [-0.1, -0.05) is 74.0 Å². The Morgan fingerprint density at radius 1 is 0.800 bits per heavy atom. The molecule has 100 valence electrons. The molecule has 0 fully saturated rings. The van der Waals surface area contributed by atoms with E-state index in [9.17, 15) is 0 Å². The van der Waals surface area contributed by atoms with Crippen LogP contribution in [-0.2, 0) is 6.42 Å². The molecule has 0 saturated heterocycles. The van der Waals surface area contributed by atoms with Gasteiger partial charge in [0.2, 0.25) is 0 Å². The van der Waals surface area contributed by atoms with E-state index >= 15 is 0 Å². The maximum Gasteiger partial charge on any atom is 0.0462 e. The van der Waals surface area contributed by atoms with E-state index in [1.807, 2.05) is 0 Å². The number of rotatable bonds is 4. The number of hydrogen-bond acceptors (Lipinski definition) is 0. The standard InChI is InChI=1S/C19H19N/c1-2-9-18-17(15-10-5-3-6-11-15)14-19(20-18)16-12-7-4-8-13-16/h3-8,10-14,20H,2,9H2,1H3. The number of aromatic nitrogens is 1. The Morgan fingerprint density at radius 2 is 1.40 bits per heavy atom. The first-order valence-electron chi connectivity index (χ1n) is 7.21. The molecule has 0 aliphatic rings. The zero-order valence-corrected chi connectivity index (χ0v) is 11.8. The van der Waals surface area contributed by atoms with Crippen LogP contribution in [0.3, 0.4) is 0 Å². The van der Waals surface area contributed by atoms with E-state index in [0.29, 0.717) is 0 Å². The van der Waals surface area contributed by atoms with Crippen molar-refractivity contribution >= 4 is 0 Å². The number of benzene rings is 2. The molecule has 0 radical (unpaired) electrons. The fraction of sp³-hybridized carbons (Fsp3) is 0.158. The van der Waals surface area contributed by atoms with Gasteiger partial charge in [0.1, 0.15) is 0 Å². The van der Waals surface area contributed by atoms with Crippen LogP contribution >= 0.6 is 0 Å². The van der Waals surface area contributed by atoms with Gasteiger partial charge >= 0.3 is 0 Å². The third-order valence-corrected chi connectivity index (χ3v) is 3.57. The quantitative estimate of drug-likeness (QED) is 0.656. The van der Waals surface area contributed by atoms with Gasteiger partial charge in [-0.2, -0.15) is 0 Å². The van der Waals surface area contributed by atoms with Crippen molar-refractivity contribution in [1.29, 1.82) is 0 Å². The van der Waals surface area contributed by atoms with Crippen LogP contribution in [0.1, 0.15) is 19.0 Å². The average Bonchev–Trinajstić information content (AvgIpc) is 2.94. The fourth-order valence-electron chi connectivity index (χ4n) is 2.59. The average molecular weight is 261 g/mol. The molecular formula is C19H19N. The molecule has 1 heteroatoms. The second-order valence-electron chi connectivity index (χ2n) is 5.06. The van der Waals surface area contributed by atoms with Gasteiger partial charge < -0.3 is 4.98 Å². The second kappa shape index (κ2) is 5.79. The Kier molecular flexibility index (Phi) is 3.69. The van der Waals surface area contributed by atoms with Gasteiger partial charge in [0.25, 0.3) is 0 Å². The van der Waals surface area contributed by atoms with Crippen molar-refractivity contribution in [2.24, 2.45) is 0 Å². The van der Waals surface area contributed by atoms with Crippen molar-refractivity contribution in [1.82, 2.24) is 4.98 Å². The van der Waals surface area contributed by atoms with E-state index < -0.39 is 0 Å². The van der Waals surface area contributed by atoms with Crippen LogP contribution in [0.5, 0.6) is 0 Å². The molecule has 0 bridgehead atoms. The fourth-order valence-corrected chi connectivity index (χ4v) is 2.59. The summed E-state index contributed by atoms with van der Waals surface area (Å²) < 4.78 is 0. The number of H-pyrrole nitrogens is 1. The predicted octanol–water partition coefficient (Wildman–Crippen LogP) is 5.30. The molecule has 1 N–H and O–H groups in total. The van der Waals surface area contributed by atoms with E-state index in [1.54, 1.807) is 0 Å². The highest BCUT2D eigenvalue weighted by atomic mass is 14.7. The van der Waals surface area contributed by atoms with Gasteiger partial charge in [-0.3, -0.25) is 0 Å².